The number of nitrogens with zero attached hydrogens (tertiary/aromatic N) is 1. The molecule has 0 spiro atoms. The molecule has 1 heterocycles. The smallest absolute Gasteiger partial charge is 0.137 e. The van der Waals surface area contributed by atoms with E-state index in [1.165, 1.54) is 5.01 Å². The zero-order chi connectivity index (χ0) is 6.85. The van der Waals surface area contributed by atoms with Gasteiger partial charge in [0.1, 0.15) is 5.82 Å². The van der Waals surface area contributed by atoms with E-state index in [0.29, 0.717) is 18.1 Å². The summed E-state index contributed by atoms with van der Waals surface area (Å²) in [6.07, 6.45) is 3.60. The van der Waals surface area contributed by atoms with Crippen molar-refractivity contribution in [2.45, 2.75) is 0 Å². The van der Waals surface area contributed by atoms with Gasteiger partial charge in [0.25, 0.3) is 0 Å². The topological polar surface area (TPSA) is 81.3 Å². The van der Waals surface area contributed by atoms with Crippen LogP contribution in [0.25, 0.3) is 0 Å². The Labute approximate surface area is 53.6 Å². The third-order valence-corrected chi connectivity index (χ3v) is 1.20. The average Bonchev–Trinajstić information content (AvgIpc) is 1.83. The third kappa shape index (κ3) is 0.972. The normalized spacial score (nSPS) is 19.0. The number of allylic oxidation sites excluding steroid dienone is 1. The summed E-state index contributed by atoms with van der Waals surface area (Å²) in [4.78, 5) is 0. The Morgan fingerprint density at radius 1 is 1.44 bits per heavy atom. The van der Waals surface area contributed by atoms with Gasteiger partial charge in [-0.2, -0.15) is 0 Å². The van der Waals surface area contributed by atoms with Gasteiger partial charge in [0, 0.05) is 0 Å². The summed E-state index contributed by atoms with van der Waals surface area (Å²) in [5.74, 6) is 5.83. The minimum atomic E-state index is 0.442. The van der Waals surface area contributed by atoms with Gasteiger partial charge in [-0.25, -0.2) is 5.84 Å². The fourth-order valence-electron chi connectivity index (χ4n) is 0.643. The molecule has 0 saturated carbocycles. The molecular formula is C5H10N4. The first-order valence-electron chi connectivity index (χ1n) is 2.66. The molecule has 0 aromatic rings. The van der Waals surface area contributed by atoms with Gasteiger partial charge in [-0.1, -0.05) is 6.08 Å². The highest BCUT2D eigenvalue weighted by atomic mass is 15.4. The highest BCUT2D eigenvalue weighted by Crippen LogP contribution is 2.02. The molecule has 6 N–H and O–H groups in total. The van der Waals surface area contributed by atoms with E-state index < -0.39 is 0 Å². The summed E-state index contributed by atoms with van der Waals surface area (Å²) >= 11 is 0. The van der Waals surface area contributed by atoms with Crippen LogP contribution >= 0.6 is 0 Å². The second-order valence-electron chi connectivity index (χ2n) is 1.90. The zero-order valence-electron chi connectivity index (χ0n) is 5.04. The lowest BCUT2D eigenvalue weighted by Crippen LogP contribution is -2.38. The number of hydrogen-bond donors (Lipinski definition) is 3. The molecule has 1 rings (SSSR count). The SMILES string of the molecule is NC1=C(N)N(N)CC=C1. The molecule has 0 fully saturated rings. The first-order valence-corrected chi connectivity index (χ1v) is 2.66. The molecule has 1 aliphatic heterocycles. The van der Waals surface area contributed by atoms with Crippen molar-refractivity contribution in [3.05, 3.63) is 23.7 Å². The Bertz CT molecular complexity index is 170. The molecule has 0 unspecified atom stereocenters. The van der Waals surface area contributed by atoms with E-state index in [1.807, 2.05) is 6.08 Å². The number of rotatable bonds is 0. The highest BCUT2D eigenvalue weighted by molar-refractivity contribution is 5.23. The van der Waals surface area contributed by atoms with Crippen molar-refractivity contribution >= 4 is 0 Å². The van der Waals surface area contributed by atoms with Gasteiger partial charge in [0.05, 0.1) is 12.2 Å². The summed E-state index contributed by atoms with van der Waals surface area (Å²) < 4.78 is 0. The Kier molecular flexibility index (Phi) is 1.32. The van der Waals surface area contributed by atoms with E-state index in [0.717, 1.165) is 0 Å². The summed E-state index contributed by atoms with van der Waals surface area (Å²) in [6, 6.07) is 0. The van der Waals surface area contributed by atoms with Crippen LogP contribution in [-0.2, 0) is 0 Å². The molecule has 0 bridgehead atoms. The molecule has 1 aliphatic rings. The lowest BCUT2D eigenvalue weighted by atomic mass is 10.3. The number of nitrogens with two attached hydrogens (primary N) is 3. The first kappa shape index (κ1) is 5.97. The minimum Gasteiger partial charge on any atom is -0.396 e. The van der Waals surface area contributed by atoms with Crippen LogP contribution < -0.4 is 17.3 Å². The molecule has 0 atom stereocenters. The van der Waals surface area contributed by atoms with Crippen molar-refractivity contribution in [2.24, 2.45) is 17.3 Å². The quantitative estimate of drug-likeness (QED) is 0.357. The van der Waals surface area contributed by atoms with Crippen LogP contribution in [0.1, 0.15) is 0 Å². The molecule has 0 aliphatic carbocycles. The van der Waals surface area contributed by atoms with Gasteiger partial charge in [-0.3, -0.25) is 5.01 Å². The maximum absolute atomic E-state index is 5.43. The molecule has 4 nitrogen and oxygen atoms in total. The maximum Gasteiger partial charge on any atom is 0.137 e. The average molecular weight is 126 g/mol. The van der Waals surface area contributed by atoms with Gasteiger partial charge in [-0.05, 0) is 6.08 Å². The molecule has 0 aromatic heterocycles. The summed E-state index contributed by atoms with van der Waals surface area (Å²) in [5, 5.41) is 1.40. The molecule has 0 radical (unpaired) electrons. The van der Waals surface area contributed by atoms with E-state index in [9.17, 15) is 0 Å². The van der Waals surface area contributed by atoms with Crippen molar-refractivity contribution in [2.75, 3.05) is 6.54 Å². The second-order valence-corrected chi connectivity index (χ2v) is 1.90. The molecule has 9 heavy (non-hydrogen) atoms. The summed E-state index contributed by atoms with van der Waals surface area (Å²) in [6.45, 7) is 0.631. The summed E-state index contributed by atoms with van der Waals surface area (Å²) in [5.41, 5.74) is 11.4. The van der Waals surface area contributed by atoms with Crippen LogP contribution in [-0.4, -0.2) is 11.6 Å². The van der Waals surface area contributed by atoms with E-state index >= 15 is 0 Å². The van der Waals surface area contributed by atoms with Crippen LogP contribution in [0.4, 0.5) is 0 Å². The third-order valence-electron chi connectivity index (χ3n) is 1.20. The Hall–Kier alpha value is -1.16. The van der Waals surface area contributed by atoms with Crippen molar-refractivity contribution in [1.29, 1.82) is 0 Å². The van der Waals surface area contributed by atoms with Crippen LogP contribution in [0, 0.1) is 0 Å². The maximum atomic E-state index is 5.43. The Morgan fingerprint density at radius 3 is 2.56 bits per heavy atom. The first-order chi connectivity index (χ1) is 4.22. The van der Waals surface area contributed by atoms with Crippen molar-refractivity contribution in [3.63, 3.8) is 0 Å². The second kappa shape index (κ2) is 1.99. The molecular weight excluding hydrogens is 116 g/mol. The summed E-state index contributed by atoms with van der Waals surface area (Å²) in [7, 11) is 0. The van der Waals surface area contributed by atoms with E-state index in [-0.39, 0.29) is 0 Å². The van der Waals surface area contributed by atoms with Gasteiger partial charge in [-0.15, -0.1) is 0 Å². The fourth-order valence-corrected chi connectivity index (χ4v) is 0.643. The zero-order valence-corrected chi connectivity index (χ0v) is 5.04. The molecule has 4 heteroatoms. The Balaban J connectivity index is 2.83. The van der Waals surface area contributed by atoms with Crippen molar-refractivity contribution in [3.8, 4) is 0 Å². The van der Waals surface area contributed by atoms with Crippen molar-refractivity contribution in [1.82, 2.24) is 5.01 Å². The molecule has 50 valence electrons. The van der Waals surface area contributed by atoms with Gasteiger partial charge < -0.3 is 11.5 Å². The largest absolute Gasteiger partial charge is 0.396 e. The van der Waals surface area contributed by atoms with E-state index in [1.54, 1.807) is 6.08 Å². The lowest BCUT2D eigenvalue weighted by Gasteiger charge is -2.20. The van der Waals surface area contributed by atoms with E-state index in [4.69, 9.17) is 17.3 Å². The Morgan fingerprint density at radius 2 is 2.11 bits per heavy atom. The minimum absolute atomic E-state index is 0.442. The number of hydrazine groups is 1. The highest BCUT2D eigenvalue weighted by Gasteiger charge is 2.05. The fraction of sp³-hybridized carbons (Fsp3) is 0.200. The standard InChI is InChI=1S/C5H10N4/c6-4-2-1-3-9(8)5(4)7/h1-2H,3,6-8H2. The van der Waals surface area contributed by atoms with Gasteiger partial charge in [0.2, 0.25) is 0 Å². The molecule has 0 amide bonds. The number of hydrogen-bond acceptors (Lipinski definition) is 4. The van der Waals surface area contributed by atoms with Gasteiger partial charge in [0.15, 0.2) is 0 Å². The van der Waals surface area contributed by atoms with Crippen molar-refractivity contribution < 1.29 is 0 Å². The molecule has 0 aromatic carbocycles. The van der Waals surface area contributed by atoms with Crippen LogP contribution in [0.2, 0.25) is 0 Å². The lowest BCUT2D eigenvalue weighted by molar-refractivity contribution is 0.384. The van der Waals surface area contributed by atoms with Crippen LogP contribution in [0.15, 0.2) is 23.7 Å². The predicted octanol–water partition coefficient (Wildman–Crippen LogP) is -1.18. The monoisotopic (exact) mass is 126 g/mol. The molecule has 0 saturated heterocycles. The van der Waals surface area contributed by atoms with Crippen LogP contribution in [0.3, 0.4) is 0 Å². The van der Waals surface area contributed by atoms with Gasteiger partial charge >= 0.3 is 0 Å². The predicted molar refractivity (Wildman–Crippen MR) is 35.4 cm³/mol. The van der Waals surface area contributed by atoms with E-state index in [2.05, 4.69) is 0 Å². The van der Waals surface area contributed by atoms with Crippen LogP contribution in [0.5, 0.6) is 0 Å².